The number of carbonyl (C=O) groups is 1. The van der Waals surface area contributed by atoms with E-state index in [4.69, 9.17) is 0 Å². The fourth-order valence-electron chi connectivity index (χ4n) is 3.72. The first kappa shape index (κ1) is 11.0. The molecule has 3 atom stereocenters. The predicted molar refractivity (Wildman–Crippen MR) is 67.4 cm³/mol. The lowest BCUT2D eigenvalue weighted by atomic mass is 9.96. The van der Waals surface area contributed by atoms with Gasteiger partial charge in [0.2, 0.25) is 0 Å². The van der Waals surface area contributed by atoms with Crippen LogP contribution in [0.3, 0.4) is 0 Å². The van der Waals surface area contributed by atoms with E-state index in [-0.39, 0.29) is 0 Å². The van der Waals surface area contributed by atoms with Crippen LogP contribution in [-0.2, 0) is 4.79 Å². The number of ketones is 1. The van der Waals surface area contributed by atoms with Gasteiger partial charge in [0.15, 0.2) is 5.78 Å². The van der Waals surface area contributed by atoms with Crippen molar-refractivity contribution in [3.63, 3.8) is 0 Å². The second-order valence-corrected chi connectivity index (χ2v) is 5.77. The standard InChI is InChI=1S/C15H20NO/c1-12(14-5-3-2-4-6-14)16-8-7-13(10-16)9-15(17)11-16/h2-6,12-13H,7-11H2,1H3/q+1. The van der Waals surface area contributed by atoms with Gasteiger partial charge in [-0.2, -0.15) is 0 Å². The van der Waals surface area contributed by atoms with Crippen LogP contribution >= 0.6 is 0 Å². The lowest BCUT2D eigenvalue weighted by molar-refractivity contribution is -0.940. The van der Waals surface area contributed by atoms with Crippen molar-refractivity contribution in [3.8, 4) is 0 Å². The molecule has 0 amide bonds. The molecule has 2 heteroatoms. The maximum absolute atomic E-state index is 11.8. The number of benzene rings is 1. The van der Waals surface area contributed by atoms with E-state index in [1.54, 1.807) is 0 Å². The van der Waals surface area contributed by atoms with E-state index in [2.05, 4.69) is 37.3 Å². The summed E-state index contributed by atoms with van der Waals surface area (Å²) < 4.78 is 1.01. The topological polar surface area (TPSA) is 17.1 Å². The van der Waals surface area contributed by atoms with Gasteiger partial charge in [-0.15, -0.1) is 0 Å². The largest absolute Gasteiger partial charge is 0.311 e. The maximum atomic E-state index is 11.8. The molecule has 90 valence electrons. The highest BCUT2D eigenvalue weighted by Crippen LogP contribution is 2.40. The Morgan fingerprint density at radius 2 is 2.06 bits per heavy atom. The van der Waals surface area contributed by atoms with Crippen molar-refractivity contribution >= 4 is 5.78 Å². The molecule has 0 aromatic heterocycles. The minimum absolute atomic E-state index is 0.463. The zero-order valence-corrected chi connectivity index (χ0v) is 10.4. The van der Waals surface area contributed by atoms with Gasteiger partial charge in [0, 0.05) is 24.3 Å². The fourth-order valence-corrected chi connectivity index (χ4v) is 3.72. The van der Waals surface area contributed by atoms with Crippen molar-refractivity contribution in [3.05, 3.63) is 35.9 Å². The van der Waals surface area contributed by atoms with E-state index in [0.29, 0.717) is 17.7 Å². The molecule has 2 fully saturated rings. The summed E-state index contributed by atoms with van der Waals surface area (Å²) in [4.78, 5) is 11.8. The fraction of sp³-hybridized carbons (Fsp3) is 0.533. The summed E-state index contributed by atoms with van der Waals surface area (Å²) in [5, 5.41) is 0. The van der Waals surface area contributed by atoms with E-state index >= 15 is 0 Å². The number of hydrogen-bond acceptors (Lipinski definition) is 1. The highest BCUT2D eigenvalue weighted by atomic mass is 16.1. The highest BCUT2D eigenvalue weighted by molar-refractivity contribution is 5.80. The van der Waals surface area contributed by atoms with Crippen molar-refractivity contribution in [1.82, 2.24) is 0 Å². The van der Waals surface area contributed by atoms with Crippen LogP contribution < -0.4 is 0 Å². The van der Waals surface area contributed by atoms with Crippen molar-refractivity contribution in [2.24, 2.45) is 5.92 Å². The number of carbonyl (C=O) groups excluding carboxylic acids is 1. The first-order chi connectivity index (χ1) is 8.20. The molecule has 3 unspecified atom stereocenters. The smallest absolute Gasteiger partial charge is 0.187 e. The molecular weight excluding hydrogens is 210 g/mol. The summed E-state index contributed by atoms with van der Waals surface area (Å²) in [6, 6.07) is 11.1. The SMILES string of the molecule is CC(c1ccccc1)[N+]12CCC(CC(=O)C1)C2. The molecular formula is C15H20NO+. The van der Waals surface area contributed by atoms with Gasteiger partial charge in [-0.1, -0.05) is 30.3 Å². The Hall–Kier alpha value is -1.15. The summed E-state index contributed by atoms with van der Waals surface area (Å²) in [5.74, 6) is 1.13. The van der Waals surface area contributed by atoms with E-state index in [0.717, 1.165) is 17.4 Å². The van der Waals surface area contributed by atoms with Gasteiger partial charge in [-0.25, -0.2) is 0 Å². The van der Waals surface area contributed by atoms with E-state index < -0.39 is 0 Å². The van der Waals surface area contributed by atoms with Gasteiger partial charge >= 0.3 is 0 Å². The summed E-state index contributed by atoms with van der Waals surface area (Å²) >= 11 is 0. The third kappa shape index (κ3) is 1.81. The average Bonchev–Trinajstić information content (AvgIpc) is 2.66. The van der Waals surface area contributed by atoms with Crippen molar-refractivity contribution in [2.75, 3.05) is 19.6 Å². The monoisotopic (exact) mass is 230 g/mol. The molecule has 0 radical (unpaired) electrons. The second kappa shape index (κ2) is 3.95. The Morgan fingerprint density at radius 3 is 2.82 bits per heavy atom. The maximum Gasteiger partial charge on any atom is 0.187 e. The minimum Gasteiger partial charge on any atom is -0.311 e. The zero-order chi connectivity index (χ0) is 11.9. The number of piperidine rings is 1. The van der Waals surface area contributed by atoms with Gasteiger partial charge in [-0.3, -0.25) is 4.79 Å². The number of quaternary nitrogens is 1. The van der Waals surface area contributed by atoms with Crippen molar-refractivity contribution in [1.29, 1.82) is 0 Å². The Labute approximate surface area is 103 Å². The third-order valence-corrected chi connectivity index (χ3v) is 4.72. The van der Waals surface area contributed by atoms with Crippen LogP contribution in [0.5, 0.6) is 0 Å². The van der Waals surface area contributed by atoms with E-state index in [9.17, 15) is 4.79 Å². The molecule has 1 aromatic rings. The number of hydrogen-bond donors (Lipinski definition) is 0. The van der Waals surface area contributed by atoms with E-state index in [1.165, 1.54) is 25.1 Å². The first-order valence-corrected chi connectivity index (χ1v) is 6.62. The predicted octanol–water partition coefficient (Wildman–Crippen LogP) is 2.56. The van der Waals surface area contributed by atoms with Gasteiger partial charge in [0.25, 0.3) is 0 Å². The zero-order valence-electron chi connectivity index (χ0n) is 10.4. The van der Waals surface area contributed by atoms with Crippen LogP contribution in [0.1, 0.15) is 31.4 Å². The molecule has 0 N–H and O–H groups in total. The van der Waals surface area contributed by atoms with Crippen LogP contribution in [0.15, 0.2) is 30.3 Å². The first-order valence-electron chi connectivity index (χ1n) is 6.62. The minimum atomic E-state index is 0.463. The molecule has 1 aromatic carbocycles. The third-order valence-electron chi connectivity index (χ3n) is 4.72. The molecule has 2 aliphatic rings. The molecule has 2 aliphatic heterocycles. The van der Waals surface area contributed by atoms with Crippen molar-refractivity contribution < 1.29 is 9.28 Å². The van der Waals surface area contributed by atoms with Crippen LogP contribution in [-0.4, -0.2) is 29.9 Å². The normalized spacial score (nSPS) is 33.7. The van der Waals surface area contributed by atoms with Gasteiger partial charge in [0.05, 0.1) is 13.1 Å². The number of Topliss-reactive ketones (excluding diaryl/α,β-unsaturated/α-hetero) is 1. The number of fused-ring (bicyclic) bond motifs is 2. The van der Waals surface area contributed by atoms with Crippen LogP contribution in [0, 0.1) is 5.92 Å². The molecule has 2 nitrogen and oxygen atoms in total. The second-order valence-electron chi connectivity index (χ2n) is 5.77. The average molecular weight is 230 g/mol. The Kier molecular flexibility index (Phi) is 2.55. The Bertz CT molecular complexity index is 428. The molecule has 0 saturated carbocycles. The summed E-state index contributed by atoms with van der Waals surface area (Å²) in [6.07, 6.45) is 2.07. The summed E-state index contributed by atoms with van der Waals surface area (Å²) in [5.41, 5.74) is 1.38. The number of nitrogens with zero attached hydrogens (tertiary/aromatic N) is 1. The van der Waals surface area contributed by atoms with Gasteiger partial charge in [-0.05, 0) is 6.92 Å². The molecule has 0 aliphatic carbocycles. The van der Waals surface area contributed by atoms with Crippen molar-refractivity contribution in [2.45, 2.75) is 25.8 Å². The molecule has 0 spiro atoms. The molecule has 17 heavy (non-hydrogen) atoms. The summed E-state index contributed by atoms with van der Waals surface area (Å²) in [6.45, 7) is 5.44. The van der Waals surface area contributed by atoms with Gasteiger partial charge in [0.1, 0.15) is 12.6 Å². The highest BCUT2D eigenvalue weighted by Gasteiger charge is 2.48. The van der Waals surface area contributed by atoms with Crippen LogP contribution in [0.25, 0.3) is 0 Å². The Morgan fingerprint density at radius 1 is 1.29 bits per heavy atom. The lowest BCUT2D eigenvalue weighted by Gasteiger charge is -2.42. The lowest BCUT2D eigenvalue weighted by Crippen LogP contribution is -2.53. The quantitative estimate of drug-likeness (QED) is 0.714. The molecule has 2 bridgehead atoms. The summed E-state index contributed by atoms with van der Waals surface area (Å²) in [7, 11) is 0. The molecule has 2 heterocycles. The molecule has 3 rings (SSSR count). The van der Waals surface area contributed by atoms with E-state index in [1.807, 2.05) is 0 Å². The van der Waals surface area contributed by atoms with Gasteiger partial charge < -0.3 is 4.48 Å². The number of rotatable bonds is 2. The van der Waals surface area contributed by atoms with Crippen LogP contribution in [0.4, 0.5) is 0 Å². The van der Waals surface area contributed by atoms with Crippen LogP contribution in [0.2, 0.25) is 0 Å². The Balaban J connectivity index is 1.90. The molecule has 2 saturated heterocycles.